The highest BCUT2D eigenvalue weighted by Gasteiger charge is 2.21. The van der Waals surface area contributed by atoms with Gasteiger partial charge in [0.15, 0.2) is 0 Å². The fourth-order valence-electron chi connectivity index (χ4n) is 2.93. The maximum atomic E-state index is 13.6. The lowest BCUT2D eigenvalue weighted by Crippen LogP contribution is -2.21. The van der Waals surface area contributed by atoms with E-state index >= 15 is 0 Å². The summed E-state index contributed by atoms with van der Waals surface area (Å²) in [5.41, 5.74) is 4.08. The minimum Gasteiger partial charge on any atom is -0.312 e. The van der Waals surface area contributed by atoms with Crippen LogP contribution in [0.4, 0.5) is 4.39 Å². The van der Waals surface area contributed by atoms with Crippen LogP contribution in [0.15, 0.2) is 41.3 Å². The molecule has 1 nitrogen and oxygen atoms in total. The first kappa shape index (κ1) is 14.6. The highest BCUT2D eigenvalue weighted by atomic mass is 32.2. The van der Waals surface area contributed by atoms with Gasteiger partial charge in [0, 0.05) is 29.7 Å². The summed E-state index contributed by atoms with van der Waals surface area (Å²) in [6.45, 7) is 5.43. The lowest BCUT2D eigenvalue weighted by molar-refractivity contribution is 0.601. The Hall–Kier alpha value is -1.32. The predicted octanol–water partition coefficient (Wildman–Crippen LogP) is 4.42. The van der Waals surface area contributed by atoms with Gasteiger partial charge < -0.3 is 5.32 Å². The number of hydrogen-bond acceptors (Lipinski definition) is 2. The van der Waals surface area contributed by atoms with Crippen molar-refractivity contribution in [3.63, 3.8) is 0 Å². The summed E-state index contributed by atoms with van der Waals surface area (Å²) in [4.78, 5) is 1.41. The van der Waals surface area contributed by atoms with E-state index in [-0.39, 0.29) is 5.82 Å². The Balaban J connectivity index is 1.60. The number of fused-ring (bicyclic) bond motifs is 1. The van der Waals surface area contributed by atoms with Gasteiger partial charge in [0.05, 0.1) is 0 Å². The topological polar surface area (TPSA) is 12.0 Å². The van der Waals surface area contributed by atoms with Crippen LogP contribution in [0.3, 0.4) is 0 Å². The average Bonchev–Trinajstić information content (AvgIpc) is 2.88. The molecule has 0 aliphatic carbocycles. The number of nitrogens with one attached hydrogen (secondary N) is 1. The summed E-state index contributed by atoms with van der Waals surface area (Å²) in [6, 6.07) is 12.5. The van der Waals surface area contributed by atoms with Gasteiger partial charge in [0.1, 0.15) is 5.82 Å². The van der Waals surface area contributed by atoms with Gasteiger partial charge in [-0.25, -0.2) is 4.39 Å². The third-order valence-corrected chi connectivity index (χ3v) is 5.27. The quantitative estimate of drug-likeness (QED) is 0.897. The Bertz CT molecular complexity index is 630. The number of hydrogen-bond donors (Lipinski definition) is 1. The predicted molar refractivity (Wildman–Crippen MR) is 87.5 cm³/mol. The molecule has 1 atom stereocenters. The monoisotopic (exact) mass is 301 g/mol. The molecule has 0 bridgehead atoms. The number of thioether (sulfide) groups is 1. The lowest BCUT2D eigenvalue weighted by Gasteiger charge is -2.13. The van der Waals surface area contributed by atoms with E-state index in [1.807, 2.05) is 37.7 Å². The van der Waals surface area contributed by atoms with Crippen LogP contribution in [0.2, 0.25) is 0 Å². The van der Waals surface area contributed by atoms with Crippen molar-refractivity contribution < 1.29 is 4.39 Å². The first-order valence-electron chi connectivity index (χ1n) is 7.33. The molecule has 1 N–H and O–H groups in total. The molecule has 2 aromatic carbocycles. The second-order valence-corrected chi connectivity index (χ2v) is 6.78. The van der Waals surface area contributed by atoms with Crippen molar-refractivity contribution in [3.05, 3.63) is 64.5 Å². The standard InChI is InChI=1S/C18H20FNS/c1-12-7-14(8-13(2)18(12)19)9-20-10-15-11-21-17-6-4-3-5-16(15)17/h3-8,15,20H,9-11H2,1-2H3. The molecular formula is C18H20FNS. The van der Waals surface area contributed by atoms with E-state index in [0.717, 1.165) is 35.5 Å². The molecule has 1 aliphatic heterocycles. The van der Waals surface area contributed by atoms with Gasteiger partial charge in [-0.05, 0) is 42.2 Å². The molecule has 3 heteroatoms. The maximum Gasteiger partial charge on any atom is 0.129 e. The van der Waals surface area contributed by atoms with Crippen LogP contribution >= 0.6 is 11.8 Å². The molecule has 0 aromatic heterocycles. The van der Waals surface area contributed by atoms with E-state index in [9.17, 15) is 4.39 Å². The molecule has 1 heterocycles. The molecule has 0 radical (unpaired) electrons. The van der Waals surface area contributed by atoms with Gasteiger partial charge in [-0.15, -0.1) is 11.8 Å². The first-order chi connectivity index (χ1) is 10.1. The van der Waals surface area contributed by atoms with E-state index in [0.29, 0.717) is 5.92 Å². The largest absolute Gasteiger partial charge is 0.312 e. The fourth-order valence-corrected chi connectivity index (χ4v) is 4.18. The van der Waals surface area contributed by atoms with Crippen molar-refractivity contribution >= 4 is 11.8 Å². The highest BCUT2D eigenvalue weighted by Crippen LogP contribution is 2.38. The number of halogens is 1. The summed E-state index contributed by atoms with van der Waals surface area (Å²) in [7, 11) is 0. The Morgan fingerprint density at radius 2 is 1.90 bits per heavy atom. The van der Waals surface area contributed by atoms with E-state index in [1.165, 1.54) is 10.5 Å². The van der Waals surface area contributed by atoms with Crippen molar-refractivity contribution in [2.75, 3.05) is 12.3 Å². The van der Waals surface area contributed by atoms with Crippen molar-refractivity contribution in [3.8, 4) is 0 Å². The molecule has 0 amide bonds. The second-order valence-electron chi connectivity index (χ2n) is 5.72. The SMILES string of the molecule is Cc1cc(CNCC2CSc3ccccc32)cc(C)c1F. The van der Waals surface area contributed by atoms with Gasteiger partial charge in [0.2, 0.25) is 0 Å². The third kappa shape index (κ3) is 3.14. The van der Waals surface area contributed by atoms with Crippen molar-refractivity contribution in [2.45, 2.75) is 31.2 Å². The van der Waals surface area contributed by atoms with E-state index in [4.69, 9.17) is 0 Å². The summed E-state index contributed by atoms with van der Waals surface area (Å²) in [6.07, 6.45) is 0. The molecule has 0 saturated heterocycles. The Labute approximate surface area is 130 Å². The molecule has 110 valence electrons. The van der Waals surface area contributed by atoms with Crippen LogP contribution in [-0.4, -0.2) is 12.3 Å². The minimum atomic E-state index is -0.0835. The van der Waals surface area contributed by atoms with Crippen molar-refractivity contribution in [2.24, 2.45) is 0 Å². The van der Waals surface area contributed by atoms with Crippen molar-refractivity contribution in [1.29, 1.82) is 0 Å². The van der Waals surface area contributed by atoms with Gasteiger partial charge in [-0.3, -0.25) is 0 Å². The zero-order valence-corrected chi connectivity index (χ0v) is 13.3. The number of rotatable bonds is 4. The fraction of sp³-hybridized carbons (Fsp3) is 0.333. The van der Waals surface area contributed by atoms with Gasteiger partial charge in [-0.2, -0.15) is 0 Å². The van der Waals surface area contributed by atoms with Crippen LogP contribution in [0.25, 0.3) is 0 Å². The molecular weight excluding hydrogens is 281 g/mol. The first-order valence-corrected chi connectivity index (χ1v) is 8.32. The van der Waals surface area contributed by atoms with Crippen LogP contribution in [-0.2, 0) is 6.54 Å². The van der Waals surface area contributed by atoms with Crippen LogP contribution < -0.4 is 5.32 Å². The summed E-state index contributed by atoms with van der Waals surface area (Å²) in [5.74, 6) is 1.64. The van der Waals surface area contributed by atoms with E-state index < -0.39 is 0 Å². The van der Waals surface area contributed by atoms with Crippen molar-refractivity contribution in [1.82, 2.24) is 5.32 Å². The maximum absolute atomic E-state index is 13.6. The second kappa shape index (κ2) is 6.20. The van der Waals surface area contributed by atoms with Crippen LogP contribution in [0, 0.1) is 19.7 Å². The Kier molecular flexibility index (Phi) is 4.32. The van der Waals surface area contributed by atoms with E-state index in [1.54, 1.807) is 0 Å². The number of benzene rings is 2. The molecule has 21 heavy (non-hydrogen) atoms. The van der Waals surface area contributed by atoms with Crippen LogP contribution in [0.1, 0.15) is 28.2 Å². The normalized spacial score (nSPS) is 17.0. The number of aryl methyl sites for hydroxylation is 2. The molecule has 1 unspecified atom stereocenters. The Morgan fingerprint density at radius 3 is 2.67 bits per heavy atom. The third-order valence-electron chi connectivity index (χ3n) is 4.01. The smallest absolute Gasteiger partial charge is 0.129 e. The average molecular weight is 301 g/mol. The van der Waals surface area contributed by atoms with Gasteiger partial charge >= 0.3 is 0 Å². The summed E-state index contributed by atoms with van der Waals surface area (Å²) >= 11 is 1.94. The van der Waals surface area contributed by atoms with Gasteiger partial charge in [0.25, 0.3) is 0 Å². The van der Waals surface area contributed by atoms with Gasteiger partial charge in [-0.1, -0.05) is 30.3 Å². The minimum absolute atomic E-state index is 0.0835. The molecule has 1 aliphatic rings. The Morgan fingerprint density at radius 1 is 1.19 bits per heavy atom. The molecule has 0 saturated carbocycles. The zero-order chi connectivity index (χ0) is 14.8. The molecule has 0 fully saturated rings. The summed E-state index contributed by atoms with van der Waals surface area (Å²) < 4.78 is 13.6. The molecule has 2 aromatic rings. The van der Waals surface area contributed by atoms with E-state index in [2.05, 4.69) is 29.6 Å². The zero-order valence-electron chi connectivity index (χ0n) is 12.4. The summed E-state index contributed by atoms with van der Waals surface area (Å²) in [5, 5.41) is 3.52. The van der Waals surface area contributed by atoms with Crippen LogP contribution in [0.5, 0.6) is 0 Å². The lowest BCUT2D eigenvalue weighted by atomic mass is 10.0. The molecule has 3 rings (SSSR count). The highest BCUT2D eigenvalue weighted by molar-refractivity contribution is 7.99. The molecule has 0 spiro atoms.